The van der Waals surface area contributed by atoms with Gasteiger partial charge >= 0.3 is 0 Å². The van der Waals surface area contributed by atoms with Gasteiger partial charge in [0.1, 0.15) is 5.01 Å². The first-order chi connectivity index (χ1) is 11.7. The molecule has 124 valence electrons. The van der Waals surface area contributed by atoms with Gasteiger partial charge in [0.2, 0.25) is 11.0 Å². The molecule has 0 bridgehead atoms. The molecule has 0 radical (unpaired) electrons. The zero-order valence-electron chi connectivity index (χ0n) is 13.2. The predicted molar refractivity (Wildman–Crippen MR) is 95.8 cm³/mol. The van der Waals surface area contributed by atoms with Crippen LogP contribution in [0.4, 0.5) is 5.13 Å². The molecule has 3 heterocycles. The van der Waals surface area contributed by atoms with Crippen LogP contribution in [0.5, 0.6) is 5.88 Å². The Balaban J connectivity index is 1.70. The highest BCUT2D eigenvalue weighted by atomic mass is 32.1. The van der Waals surface area contributed by atoms with Crippen LogP contribution >= 0.6 is 22.7 Å². The Kier molecular flexibility index (Phi) is 5.17. The lowest BCUT2D eigenvalue weighted by atomic mass is 10.2. The van der Waals surface area contributed by atoms with Gasteiger partial charge in [0.25, 0.3) is 5.91 Å². The Morgan fingerprint density at radius 1 is 1.38 bits per heavy atom. The van der Waals surface area contributed by atoms with Crippen molar-refractivity contribution in [3.8, 4) is 16.5 Å². The van der Waals surface area contributed by atoms with Crippen LogP contribution in [0.15, 0.2) is 35.2 Å². The minimum atomic E-state index is -0.264. The molecular weight excluding hydrogens is 344 g/mol. The van der Waals surface area contributed by atoms with Crippen molar-refractivity contribution < 1.29 is 9.53 Å². The number of carbonyl (C=O) groups excluding carboxylic acids is 1. The first kappa shape index (κ1) is 16.5. The normalized spacial score (nSPS) is 11.9. The molecule has 8 heteroatoms. The van der Waals surface area contributed by atoms with Crippen molar-refractivity contribution in [2.45, 2.75) is 26.4 Å². The molecule has 0 aromatic carbocycles. The van der Waals surface area contributed by atoms with Crippen LogP contribution in [0.3, 0.4) is 0 Å². The fourth-order valence-corrected chi connectivity index (χ4v) is 3.30. The number of pyridine rings is 1. The molecule has 0 saturated heterocycles. The van der Waals surface area contributed by atoms with E-state index in [-0.39, 0.29) is 12.0 Å². The van der Waals surface area contributed by atoms with Crippen molar-refractivity contribution in [1.29, 1.82) is 0 Å². The van der Waals surface area contributed by atoms with Crippen molar-refractivity contribution >= 4 is 33.7 Å². The average Bonchev–Trinajstić information content (AvgIpc) is 3.26. The maximum atomic E-state index is 12.4. The van der Waals surface area contributed by atoms with Crippen molar-refractivity contribution in [3.63, 3.8) is 0 Å². The number of anilines is 1. The maximum absolute atomic E-state index is 12.4. The van der Waals surface area contributed by atoms with Crippen LogP contribution in [-0.4, -0.2) is 27.2 Å². The van der Waals surface area contributed by atoms with Crippen LogP contribution < -0.4 is 10.1 Å². The predicted octanol–water partition coefficient (Wildman–Crippen LogP) is 4.09. The number of hydrogen-bond acceptors (Lipinski definition) is 7. The summed E-state index contributed by atoms with van der Waals surface area (Å²) in [5.74, 6) is 0.174. The van der Waals surface area contributed by atoms with Gasteiger partial charge in [-0.15, -0.1) is 10.2 Å². The van der Waals surface area contributed by atoms with Crippen molar-refractivity contribution in [2.75, 3.05) is 5.32 Å². The minimum absolute atomic E-state index is 0.0483. The molecular formula is C16H16N4O2S2. The molecule has 0 saturated carbocycles. The SMILES string of the molecule is CCC(C)Oc1cc(C(=O)Nc2nnc(-c3ccsc3)s2)ccn1. The van der Waals surface area contributed by atoms with E-state index in [1.54, 1.807) is 29.7 Å². The summed E-state index contributed by atoms with van der Waals surface area (Å²) < 4.78 is 5.64. The number of nitrogens with zero attached hydrogens (tertiary/aromatic N) is 3. The lowest BCUT2D eigenvalue weighted by Crippen LogP contribution is -2.14. The molecule has 1 atom stereocenters. The molecule has 6 nitrogen and oxygen atoms in total. The second kappa shape index (κ2) is 7.50. The smallest absolute Gasteiger partial charge is 0.257 e. The molecule has 24 heavy (non-hydrogen) atoms. The van der Waals surface area contributed by atoms with E-state index < -0.39 is 0 Å². The van der Waals surface area contributed by atoms with Crippen LogP contribution in [0.2, 0.25) is 0 Å². The molecule has 1 amide bonds. The number of carbonyl (C=O) groups is 1. The van der Waals surface area contributed by atoms with Crippen LogP contribution in [-0.2, 0) is 0 Å². The molecule has 0 aliphatic carbocycles. The minimum Gasteiger partial charge on any atom is -0.475 e. The summed E-state index contributed by atoms with van der Waals surface area (Å²) in [5, 5.41) is 16.1. The van der Waals surface area contributed by atoms with Crippen molar-refractivity contribution in [1.82, 2.24) is 15.2 Å². The van der Waals surface area contributed by atoms with Gasteiger partial charge < -0.3 is 4.74 Å². The molecule has 3 rings (SSSR count). The zero-order chi connectivity index (χ0) is 16.9. The topological polar surface area (TPSA) is 77.0 Å². The average molecular weight is 360 g/mol. The summed E-state index contributed by atoms with van der Waals surface area (Å²) in [6.45, 7) is 3.99. The second-order valence-electron chi connectivity index (χ2n) is 5.10. The number of nitrogens with one attached hydrogen (secondary N) is 1. The van der Waals surface area contributed by atoms with E-state index in [1.807, 2.05) is 30.7 Å². The lowest BCUT2D eigenvalue weighted by molar-refractivity contribution is 0.102. The van der Waals surface area contributed by atoms with Gasteiger partial charge in [0.05, 0.1) is 6.10 Å². The Hall–Kier alpha value is -2.32. The third-order valence-corrected chi connectivity index (χ3v) is 4.88. The molecule has 0 aliphatic rings. The number of hydrogen-bond donors (Lipinski definition) is 1. The van der Waals surface area contributed by atoms with Crippen LogP contribution in [0.25, 0.3) is 10.6 Å². The summed E-state index contributed by atoms with van der Waals surface area (Å²) in [7, 11) is 0. The highest BCUT2D eigenvalue weighted by molar-refractivity contribution is 7.19. The summed E-state index contributed by atoms with van der Waals surface area (Å²) >= 11 is 2.93. The van der Waals surface area contributed by atoms with Gasteiger partial charge in [0.15, 0.2) is 0 Å². The number of thiophene rings is 1. The number of ether oxygens (including phenoxy) is 1. The molecule has 1 unspecified atom stereocenters. The van der Waals surface area contributed by atoms with E-state index in [4.69, 9.17) is 4.74 Å². The highest BCUT2D eigenvalue weighted by Gasteiger charge is 2.13. The van der Waals surface area contributed by atoms with Crippen LogP contribution in [0.1, 0.15) is 30.6 Å². The molecule has 0 spiro atoms. The van der Waals surface area contributed by atoms with Gasteiger partial charge in [0, 0.05) is 28.8 Å². The Bertz CT molecular complexity index is 817. The monoisotopic (exact) mass is 360 g/mol. The van der Waals surface area contributed by atoms with Crippen molar-refractivity contribution in [3.05, 3.63) is 40.7 Å². The van der Waals surface area contributed by atoms with Gasteiger partial charge in [-0.3, -0.25) is 10.1 Å². The van der Waals surface area contributed by atoms with Gasteiger partial charge in [-0.1, -0.05) is 18.3 Å². The summed E-state index contributed by atoms with van der Waals surface area (Å²) in [5.41, 5.74) is 1.47. The van der Waals surface area contributed by atoms with E-state index in [1.165, 1.54) is 11.3 Å². The molecule has 1 N–H and O–H groups in total. The van der Waals surface area contributed by atoms with Gasteiger partial charge in [-0.2, -0.15) is 11.3 Å². The summed E-state index contributed by atoms with van der Waals surface area (Å²) in [6.07, 6.45) is 2.48. The van der Waals surface area contributed by atoms with Crippen molar-refractivity contribution in [2.24, 2.45) is 0 Å². The second-order valence-corrected chi connectivity index (χ2v) is 6.86. The third kappa shape index (κ3) is 3.95. The molecule has 3 aromatic heterocycles. The first-order valence-electron chi connectivity index (χ1n) is 7.46. The molecule has 0 aliphatic heterocycles. The van der Waals surface area contributed by atoms with E-state index in [0.29, 0.717) is 16.6 Å². The standard InChI is InChI=1S/C16H16N4O2S2/c1-3-10(2)22-13-8-11(4-6-17-13)14(21)18-16-20-19-15(24-16)12-5-7-23-9-12/h4-10H,3H2,1-2H3,(H,18,20,21). The van der Waals surface area contributed by atoms with E-state index >= 15 is 0 Å². The lowest BCUT2D eigenvalue weighted by Gasteiger charge is -2.11. The first-order valence-corrected chi connectivity index (χ1v) is 9.21. The van der Waals surface area contributed by atoms with E-state index in [2.05, 4.69) is 20.5 Å². The van der Waals surface area contributed by atoms with E-state index in [9.17, 15) is 4.79 Å². The van der Waals surface area contributed by atoms with Gasteiger partial charge in [-0.05, 0) is 30.9 Å². The van der Waals surface area contributed by atoms with Crippen LogP contribution in [0, 0.1) is 0 Å². The molecule has 3 aromatic rings. The number of rotatable bonds is 6. The van der Waals surface area contributed by atoms with Gasteiger partial charge in [-0.25, -0.2) is 4.98 Å². The third-order valence-electron chi connectivity index (χ3n) is 3.31. The Labute approximate surface area is 147 Å². The Morgan fingerprint density at radius 2 is 2.25 bits per heavy atom. The fourth-order valence-electron chi connectivity index (χ4n) is 1.85. The number of aromatic nitrogens is 3. The maximum Gasteiger partial charge on any atom is 0.257 e. The summed E-state index contributed by atoms with van der Waals surface area (Å²) in [4.78, 5) is 16.5. The molecule has 0 fully saturated rings. The fraction of sp³-hybridized carbons (Fsp3) is 0.250. The Morgan fingerprint density at radius 3 is 3.00 bits per heavy atom. The quantitative estimate of drug-likeness (QED) is 0.716. The summed E-state index contributed by atoms with van der Waals surface area (Å²) in [6, 6.07) is 5.24. The number of amides is 1. The highest BCUT2D eigenvalue weighted by Crippen LogP contribution is 2.28. The van der Waals surface area contributed by atoms with E-state index in [0.717, 1.165) is 17.0 Å². The largest absolute Gasteiger partial charge is 0.475 e. The zero-order valence-corrected chi connectivity index (χ0v) is 14.9.